The smallest absolute Gasteiger partial charge is 0.123 e. The van der Waals surface area contributed by atoms with Crippen LogP contribution in [0.15, 0.2) is 24.3 Å². The molecule has 4 nitrogen and oxygen atoms in total. The van der Waals surface area contributed by atoms with Crippen LogP contribution in [-0.4, -0.2) is 37.6 Å². The van der Waals surface area contributed by atoms with E-state index in [-0.39, 0.29) is 11.6 Å². The molecule has 0 amide bonds. The van der Waals surface area contributed by atoms with Crippen molar-refractivity contribution in [1.82, 2.24) is 5.32 Å². The van der Waals surface area contributed by atoms with E-state index < -0.39 is 6.10 Å². The Bertz CT molecular complexity index is 404. The van der Waals surface area contributed by atoms with Crippen molar-refractivity contribution in [3.8, 4) is 5.75 Å². The molecule has 1 aromatic carbocycles. The van der Waals surface area contributed by atoms with Crippen LogP contribution in [0.5, 0.6) is 5.75 Å². The van der Waals surface area contributed by atoms with Gasteiger partial charge in [0.15, 0.2) is 0 Å². The molecule has 0 radical (unpaired) electrons. The van der Waals surface area contributed by atoms with Gasteiger partial charge in [0, 0.05) is 17.6 Å². The molecule has 0 bridgehead atoms. The van der Waals surface area contributed by atoms with E-state index in [4.69, 9.17) is 9.47 Å². The minimum atomic E-state index is -0.522. The van der Waals surface area contributed by atoms with E-state index in [1.54, 1.807) is 7.11 Å². The number of hydrogen-bond donors (Lipinski definition) is 2. The van der Waals surface area contributed by atoms with Gasteiger partial charge in [-0.05, 0) is 33.8 Å². The molecule has 4 heteroatoms. The van der Waals surface area contributed by atoms with Crippen LogP contribution < -0.4 is 10.1 Å². The third-order valence-electron chi connectivity index (χ3n) is 3.18. The first kappa shape index (κ1) is 17.0. The van der Waals surface area contributed by atoms with E-state index in [0.717, 1.165) is 11.3 Å². The van der Waals surface area contributed by atoms with Crippen LogP contribution in [0.1, 0.15) is 33.3 Å². The van der Waals surface area contributed by atoms with Crippen molar-refractivity contribution in [2.75, 3.05) is 20.3 Å². The molecule has 114 valence electrons. The van der Waals surface area contributed by atoms with Crippen molar-refractivity contribution in [2.45, 2.75) is 45.4 Å². The molecular formula is C16H27NO3. The Morgan fingerprint density at radius 2 is 1.90 bits per heavy atom. The Labute approximate surface area is 122 Å². The normalized spacial score (nSPS) is 13.6. The minimum Gasteiger partial charge on any atom is -0.496 e. The highest BCUT2D eigenvalue weighted by Gasteiger charge is 2.24. The van der Waals surface area contributed by atoms with Crippen LogP contribution in [0, 0.1) is 0 Å². The highest BCUT2D eigenvalue weighted by molar-refractivity contribution is 5.38. The van der Waals surface area contributed by atoms with E-state index >= 15 is 0 Å². The third-order valence-corrected chi connectivity index (χ3v) is 3.18. The first-order valence-electron chi connectivity index (χ1n) is 7.05. The number of methoxy groups -OCH3 is 1. The van der Waals surface area contributed by atoms with Gasteiger partial charge in [0.1, 0.15) is 5.75 Å². The lowest BCUT2D eigenvalue weighted by atomic mass is 9.93. The summed E-state index contributed by atoms with van der Waals surface area (Å²) in [6.45, 7) is 8.87. The molecule has 1 rings (SSSR count). The quantitative estimate of drug-likeness (QED) is 0.768. The Morgan fingerprint density at radius 3 is 2.50 bits per heavy atom. The molecule has 1 unspecified atom stereocenters. The first-order valence-corrected chi connectivity index (χ1v) is 7.05. The lowest BCUT2D eigenvalue weighted by Gasteiger charge is -2.30. The summed E-state index contributed by atoms with van der Waals surface area (Å²) in [6.07, 6.45) is -0.391. The van der Waals surface area contributed by atoms with Gasteiger partial charge in [-0.2, -0.15) is 0 Å². The molecule has 0 saturated carbocycles. The zero-order valence-corrected chi connectivity index (χ0v) is 13.1. The molecule has 20 heavy (non-hydrogen) atoms. The molecule has 2 N–H and O–H groups in total. The Balaban J connectivity index is 2.60. The fourth-order valence-electron chi connectivity index (χ4n) is 1.99. The maximum absolute atomic E-state index is 9.92. The molecule has 1 atom stereocenters. The lowest BCUT2D eigenvalue weighted by Crippen LogP contribution is -2.42. The van der Waals surface area contributed by atoms with Crippen molar-refractivity contribution in [3.63, 3.8) is 0 Å². The van der Waals surface area contributed by atoms with Crippen LogP contribution in [0.3, 0.4) is 0 Å². The summed E-state index contributed by atoms with van der Waals surface area (Å²) in [7, 11) is 1.67. The number of aliphatic hydroxyl groups is 1. The predicted molar refractivity (Wildman–Crippen MR) is 81.1 cm³/mol. The molecule has 1 aromatic rings. The molecule has 0 fully saturated rings. The topological polar surface area (TPSA) is 50.7 Å². The number of benzene rings is 1. The standard InChI is InChI=1S/C16H27NO3/c1-12(2)20-11-13(18)10-17-16(3,4)14-8-6-7-9-15(14)19-5/h6-9,12-13,17-18H,10-11H2,1-5H3. The van der Waals surface area contributed by atoms with Crippen LogP contribution in [0.25, 0.3) is 0 Å². The maximum atomic E-state index is 9.92. The zero-order chi connectivity index (χ0) is 15.2. The average molecular weight is 281 g/mol. The number of ether oxygens (including phenoxy) is 2. The fourth-order valence-corrected chi connectivity index (χ4v) is 1.99. The van der Waals surface area contributed by atoms with Gasteiger partial charge in [-0.25, -0.2) is 0 Å². The van der Waals surface area contributed by atoms with E-state index in [2.05, 4.69) is 19.2 Å². The van der Waals surface area contributed by atoms with Gasteiger partial charge < -0.3 is 19.9 Å². The summed E-state index contributed by atoms with van der Waals surface area (Å²) in [4.78, 5) is 0. The minimum absolute atomic E-state index is 0.131. The van der Waals surface area contributed by atoms with Crippen molar-refractivity contribution in [3.05, 3.63) is 29.8 Å². The predicted octanol–water partition coefficient (Wildman–Crippen LogP) is 2.31. The highest BCUT2D eigenvalue weighted by Crippen LogP contribution is 2.29. The molecular weight excluding hydrogens is 254 g/mol. The number of hydrogen-bond acceptors (Lipinski definition) is 4. The highest BCUT2D eigenvalue weighted by atomic mass is 16.5. The molecule has 0 aliphatic rings. The van der Waals surface area contributed by atoms with Gasteiger partial charge in [0.2, 0.25) is 0 Å². The first-order chi connectivity index (χ1) is 9.36. The molecule has 0 aliphatic heterocycles. The van der Waals surface area contributed by atoms with Gasteiger partial charge >= 0.3 is 0 Å². The van der Waals surface area contributed by atoms with Gasteiger partial charge in [-0.3, -0.25) is 0 Å². The van der Waals surface area contributed by atoms with Gasteiger partial charge in [0.05, 0.1) is 25.9 Å². The zero-order valence-electron chi connectivity index (χ0n) is 13.1. The van der Waals surface area contributed by atoms with Gasteiger partial charge in [0.25, 0.3) is 0 Å². The fraction of sp³-hybridized carbons (Fsp3) is 0.625. The average Bonchev–Trinajstić information content (AvgIpc) is 2.43. The molecule has 0 saturated heterocycles. The second-order valence-electron chi connectivity index (χ2n) is 5.74. The van der Waals surface area contributed by atoms with Crippen LogP contribution >= 0.6 is 0 Å². The Kier molecular flexibility index (Phi) is 6.46. The van der Waals surface area contributed by atoms with Crippen molar-refractivity contribution in [2.24, 2.45) is 0 Å². The van der Waals surface area contributed by atoms with Crippen LogP contribution in [0.4, 0.5) is 0 Å². The number of aliphatic hydroxyl groups excluding tert-OH is 1. The summed E-state index contributed by atoms with van der Waals surface area (Å²) < 4.78 is 10.8. The molecule has 0 spiro atoms. The van der Waals surface area contributed by atoms with Crippen molar-refractivity contribution < 1.29 is 14.6 Å². The maximum Gasteiger partial charge on any atom is 0.123 e. The van der Waals surface area contributed by atoms with E-state index in [0.29, 0.717) is 13.2 Å². The second kappa shape index (κ2) is 7.62. The number of nitrogens with one attached hydrogen (secondary N) is 1. The summed E-state index contributed by atoms with van der Waals surface area (Å²) in [5, 5.41) is 13.3. The molecule has 0 aromatic heterocycles. The number of para-hydroxylation sites is 1. The van der Waals surface area contributed by atoms with Crippen LogP contribution in [0.2, 0.25) is 0 Å². The number of rotatable bonds is 8. The van der Waals surface area contributed by atoms with Crippen LogP contribution in [-0.2, 0) is 10.3 Å². The monoisotopic (exact) mass is 281 g/mol. The second-order valence-corrected chi connectivity index (χ2v) is 5.74. The van der Waals surface area contributed by atoms with E-state index in [1.165, 1.54) is 0 Å². The van der Waals surface area contributed by atoms with Crippen molar-refractivity contribution >= 4 is 0 Å². The SMILES string of the molecule is COc1ccccc1C(C)(C)NCC(O)COC(C)C. The van der Waals surface area contributed by atoms with Gasteiger partial charge in [-0.1, -0.05) is 18.2 Å². The van der Waals surface area contributed by atoms with E-state index in [1.807, 2.05) is 38.1 Å². The van der Waals surface area contributed by atoms with Crippen molar-refractivity contribution in [1.29, 1.82) is 0 Å². The Hall–Kier alpha value is -1.10. The summed E-state index contributed by atoms with van der Waals surface area (Å²) in [5.41, 5.74) is 0.783. The third kappa shape index (κ3) is 5.12. The molecule has 0 heterocycles. The van der Waals surface area contributed by atoms with E-state index in [9.17, 15) is 5.11 Å². The lowest BCUT2D eigenvalue weighted by molar-refractivity contribution is 0.00390. The van der Waals surface area contributed by atoms with Gasteiger partial charge in [-0.15, -0.1) is 0 Å². The summed E-state index contributed by atoms with van der Waals surface area (Å²) >= 11 is 0. The largest absolute Gasteiger partial charge is 0.496 e. The Morgan fingerprint density at radius 1 is 1.25 bits per heavy atom. The summed E-state index contributed by atoms with van der Waals surface area (Å²) in [5.74, 6) is 0.845. The summed E-state index contributed by atoms with van der Waals surface area (Å²) in [6, 6.07) is 7.91. The molecule has 0 aliphatic carbocycles.